The van der Waals surface area contributed by atoms with Gasteiger partial charge in [0.2, 0.25) is 0 Å². The molecule has 28 heavy (non-hydrogen) atoms. The first-order valence-corrected chi connectivity index (χ1v) is 10.1. The van der Waals surface area contributed by atoms with Gasteiger partial charge in [0, 0.05) is 37.8 Å². The smallest absolute Gasteiger partial charge is 0.255 e. The van der Waals surface area contributed by atoms with E-state index >= 15 is 0 Å². The van der Waals surface area contributed by atoms with Gasteiger partial charge in [-0.2, -0.15) is 0 Å². The van der Waals surface area contributed by atoms with Crippen LogP contribution in [0.4, 0.5) is 5.69 Å². The number of nitrogens with one attached hydrogen (secondary N) is 1. The van der Waals surface area contributed by atoms with Crippen LogP contribution < -0.4 is 5.32 Å². The van der Waals surface area contributed by atoms with Crippen LogP contribution in [-0.4, -0.2) is 10.9 Å². The number of halogens is 2. The first-order chi connectivity index (χ1) is 13.6. The molecule has 0 aliphatic heterocycles. The molecule has 3 aromatic carbocycles. The van der Waals surface area contributed by atoms with Crippen LogP contribution in [0.25, 0.3) is 21.8 Å². The molecule has 0 aliphatic carbocycles. The number of anilines is 1. The Kier molecular flexibility index (Phi) is 5.44. The van der Waals surface area contributed by atoms with Gasteiger partial charge in [0.1, 0.15) is 5.01 Å². The number of carbonyl (C=O) groups excluding carboxylic acids is 1. The van der Waals surface area contributed by atoms with E-state index in [-0.39, 0.29) is 5.91 Å². The van der Waals surface area contributed by atoms with Crippen molar-refractivity contribution in [3.63, 3.8) is 0 Å². The lowest BCUT2D eigenvalue weighted by atomic mass is 10.1. The van der Waals surface area contributed by atoms with Gasteiger partial charge in [0.15, 0.2) is 0 Å². The molecular formula is C22H14Cl2N2OS. The van der Waals surface area contributed by atoms with Gasteiger partial charge in [-0.05, 0) is 48.5 Å². The van der Waals surface area contributed by atoms with E-state index in [0.29, 0.717) is 15.6 Å². The zero-order chi connectivity index (χ0) is 19.5. The SMILES string of the molecule is O=C(Nc1ccc(-c2csc(-c3ccc(Cl)cc3)n2)cc1)c1ccc(Cl)cc1. The predicted molar refractivity (Wildman–Crippen MR) is 117 cm³/mol. The number of aromatic nitrogens is 1. The quantitative estimate of drug-likeness (QED) is 0.381. The van der Waals surface area contributed by atoms with E-state index in [2.05, 4.69) is 5.32 Å². The summed E-state index contributed by atoms with van der Waals surface area (Å²) >= 11 is 13.4. The van der Waals surface area contributed by atoms with E-state index in [4.69, 9.17) is 28.2 Å². The molecular weight excluding hydrogens is 411 g/mol. The van der Waals surface area contributed by atoms with Crippen LogP contribution >= 0.6 is 34.5 Å². The highest BCUT2D eigenvalue weighted by molar-refractivity contribution is 7.13. The molecule has 3 nitrogen and oxygen atoms in total. The number of thiazole rings is 1. The molecule has 0 bridgehead atoms. The average molecular weight is 425 g/mol. The third-order valence-corrected chi connectivity index (χ3v) is 5.54. The number of hydrogen-bond acceptors (Lipinski definition) is 3. The number of benzene rings is 3. The van der Waals surface area contributed by atoms with Crippen LogP contribution in [-0.2, 0) is 0 Å². The minimum absolute atomic E-state index is 0.178. The largest absolute Gasteiger partial charge is 0.322 e. The van der Waals surface area contributed by atoms with Gasteiger partial charge in [-0.25, -0.2) is 4.98 Å². The highest BCUT2D eigenvalue weighted by atomic mass is 35.5. The lowest BCUT2D eigenvalue weighted by Crippen LogP contribution is -2.11. The molecule has 0 unspecified atom stereocenters. The molecule has 6 heteroatoms. The van der Waals surface area contributed by atoms with Crippen LogP contribution in [0.1, 0.15) is 10.4 Å². The Balaban J connectivity index is 1.48. The number of hydrogen-bond donors (Lipinski definition) is 1. The van der Waals surface area contributed by atoms with Gasteiger partial charge in [0.05, 0.1) is 5.69 Å². The molecule has 0 fully saturated rings. The van der Waals surface area contributed by atoms with E-state index < -0.39 is 0 Å². The van der Waals surface area contributed by atoms with Crippen molar-refractivity contribution in [2.24, 2.45) is 0 Å². The maximum atomic E-state index is 12.3. The highest BCUT2D eigenvalue weighted by Gasteiger charge is 2.09. The van der Waals surface area contributed by atoms with Crippen molar-refractivity contribution in [2.75, 3.05) is 5.32 Å². The number of rotatable bonds is 4. The molecule has 1 amide bonds. The van der Waals surface area contributed by atoms with Gasteiger partial charge in [0.25, 0.3) is 5.91 Å². The average Bonchev–Trinajstić information content (AvgIpc) is 3.20. The Labute approximate surface area is 176 Å². The molecule has 0 radical (unpaired) electrons. The Morgan fingerprint density at radius 2 is 1.36 bits per heavy atom. The standard InChI is InChI=1S/C22H14Cl2N2OS/c23-17-7-1-15(2-8-17)21(27)25-19-11-5-14(6-12-19)20-13-28-22(26-20)16-3-9-18(24)10-4-16/h1-13H,(H,25,27). The van der Waals surface area contributed by atoms with Crippen LogP contribution in [0.5, 0.6) is 0 Å². The third kappa shape index (κ3) is 4.25. The number of nitrogens with zero attached hydrogens (tertiary/aromatic N) is 1. The van der Waals surface area contributed by atoms with E-state index in [1.54, 1.807) is 35.6 Å². The summed E-state index contributed by atoms with van der Waals surface area (Å²) in [4.78, 5) is 17.0. The Morgan fingerprint density at radius 3 is 2.00 bits per heavy atom. The van der Waals surface area contributed by atoms with Crippen molar-refractivity contribution in [2.45, 2.75) is 0 Å². The minimum Gasteiger partial charge on any atom is -0.322 e. The molecule has 1 aromatic heterocycles. The van der Waals surface area contributed by atoms with Gasteiger partial charge in [-0.3, -0.25) is 4.79 Å². The van der Waals surface area contributed by atoms with Crippen molar-refractivity contribution < 1.29 is 4.79 Å². The second-order valence-corrected chi connectivity index (χ2v) is 7.81. The van der Waals surface area contributed by atoms with Gasteiger partial charge >= 0.3 is 0 Å². The molecule has 0 spiro atoms. The van der Waals surface area contributed by atoms with Gasteiger partial charge in [-0.15, -0.1) is 11.3 Å². The number of carbonyl (C=O) groups is 1. The van der Waals surface area contributed by atoms with Crippen molar-refractivity contribution in [3.8, 4) is 21.8 Å². The third-order valence-electron chi connectivity index (χ3n) is 4.14. The van der Waals surface area contributed by atoms with Gasteiger partial charge < -0.3 is 5.32 Å². The normalized spacial score (nSPS) is 10.6. The van der Waals surface area contributed by atoms with E-state index in [9.17, 15) is 4.79 Å². The second kappa shape index (κ2) is 8.15. The van der Waals surface area contributed by atoms with Crippen LogP contribution in [0.2, 0.25) is 10.0 Å². The van der Waals surface area contributed by atoms with E-state index in [0.717, 1.165) is 27.5 Å². The first kappa shape index (κ1) is 18.7. The second-order valence-electron chi connectivity index (χ2n) is 6.08. The lowest BCUT2D eigenvalue weighted by Gasteiger charge is -2.06. The van der Waals surface area contributed by atoms with E-state index in [1.807, 2.05) is 53.9 Å². The first-order valence-electron chi connectivity index (χ1n) is 8.47. The summed E-state index contributed by atoms with van der Waals surface area (Å²) in [5, 5.41) is 7.14. The molecule has 4 aromatic rings. The monoisotopic (exact) mass is 424 g/mol. The Hall–Kier alpha value is -2.66. The zero-order valence-corrected chi connectivity index (χ0v) is 16.9. The lowest BCUT2D eigenvalue weighted by molar-refractivity contribution is 0.102. The summed E-state index contributed by atoms with van der Waals surface area (Å²) in [6, 6.07) is 22.0. The molecule has 0 atom stereocenters. The topological polar surface area (TPSA) is 42.0 Å². The summed E-state index contributed by atoms with van der Waals surface area (Å²) in [5.41, 5.74) is 4.19. The maximum absolute atomic E-state index is 12.3. The Morgan fingerprint density at radius 1 is 0.786 bits per heavy atom. The van der Waals surface area contributed by atoms with Crippen molar-refractivity contribution in [1.29, 1.82) is 0 Å². The molecule has 138 valence electrons. The van der Waals surface area contributed by atoms with Gasteiger partial charge in [-0.1, -0.05) is 47.5 Å². The molecule has 4 rings (SSSR count). The minimum atomic E-state index is -0.178. The fourth-order valence-corrected chi connectivity index (χ4v) is 3.75. The van der Waals surface area contributed by atoms with Crippen LogP contribution in [0, 0.1) is 0 Å². The molecule has 1 N–H and O–H groups in total. The van der Waals surface area contributed by atoms with Crippen molar-refractivity contribution in [1.82, 2.24) is 4.98 Å². The van der Waals surface area contributed by atoms with Crippen LogP contribution in [0.15, 0.2) is 78.2 Å². The molecule has 0 saturated carbocycles. The Bertz CT molecular complexity index is 1100. The summed E-state index contributed by atoms with van der Waals surface area (Å²) in [6.45, 7) is 0. The highest BCUT2D eigenvalue weighted by Crippen LogP contribution is 2.30. The molecule has 0 aliphatic rings. The molecule has 0 saturated heterocycles. The van der Waals surface area contributed by atoms with Crippen molar-refractivity contribution in [3.05, 3.63) is 93.8 Å². The summed E-state index contributed by atoms with van der Waals surface area (Å²) < 4.78 is 0. The summed E-state index contributed by atoms with van der Waals surface area (Å²) in [7, 11) is 0. The summed E-state index contributed by atoms with van der Waals surface area (Å²) in [5.74, 6) is -0.178. The fourth-order valence-electron chi connectivity index (χ4n) is 2.66. The van der Waals surface area contributed by atoms with Crippen LogP contribution in [0.3, 0.4) is 0 Å². The van der Waals surface area contributed by atoms with E-state index in [1.165, 1.54) is 0 Å². The summed E-state index contributed by atoms with van der Waals surface area (Å²) in [6.07, 6.45) is 0. The number of amides is 1. The van der Waals surface area contributed by atoms with Crippen molar-refractivity contribution >= 4 is 46.1 Å². The zero-order valence-electron chi connectivity index (χ0n) is 14.5. The fraction of sp³-hybridized carbons (Fsp3) is 0. The predicted octanol–water partition coefficient (Wildman–Crippen LogP) is 7.04. The maximum Gasteiger partial charge on any atom is 0.255 e. The molecule has 1 heterocycles.